The zero-order chi connectivity index (χ0) is 24.4. The summed E-state index contributed by atoms with van der Waals surface area (Å²) in [6.07, 6.45) is -1.54. The van der Waals surface area contributed by atoms with Crippen LogP contribution in [-0.2, 0) is 11.2 Å². The molecule has 2 aromatic rings. The van der Waals surface area contributed by atoms with Crippen LogP contribution in [0.5, 0.6) is 5.75 Å². The number of carboxylic acids is 1. The molecule has 0 heterocycles. The lowest BCUT2D eigenvalue weighted by Crippen LogP contribution is -2.30. The summed E-state index contributed by atoms with van der Waals surface area (Å²) in [6.45, 7) is 0.206. The smallest absolute Gasteiger partial charge is 0.489 e. The highest BCUT2D eigenvalue weighted by molar-refractivity contribution is 5.94. The Bertz CT molecular complexity index is 975. The van der Waals surface area contributed by atoms with E-state index in [1.807, 2.05) is 12.1 Å². The summed E-state index contributed by atoms with van der Waals surface area (Å²) < 4.78 is 49.7. The predicted molar refractivity (Wildman–Crippen MR) is 113 cm³/mol. The average Bonchev–Trinajstić information content (AvgIpc) is 2.80. The molecule has 4 N–H and O–H groups in total. The summed E-state index contributed by atoms with van der Waals surface area (Å²) in [4.78, 5) is 21.5. The zero-order valence-electron chi connectivity index (χ0n) is 17.6. The van der Waals surface area contributed by atoms with Crippen molar-refractivity contribution in [3.05, 3.63) is 77.1 Å². The zero-order valence-corrected chi connectivity index (χ0v) is 17.6. The molecule has 0 aromatic heterocycles. The molecule has 1 atom stereocenters. The Morgan fingerprint density at radius 1 is 1.15 bits per heavy atom. The third kappa shape index (κ3) is 7.90. The molecule has 178 valence electrons. The van der Waals surface area contributed by atoms with E-state index in [0.29, 0.717) is 23.2 Å². The number of benzene rings is 2. The first-order chi connectivity index (χ1) is 15.7. The van der Waals surface area contributed by atoms with E-state index in [1.54, 1.807) is 24.3 Å². The van der Waals surface area contributed by atoms with Gasteiger partial charge in [-0.05, 0) is 54.7 Å². The van der Waals surface area contributed by atoms with Gasteiger partial charge in [0.05, 0.1) is 12.4 Å². The normalized spacial score (nSPS) is 15.5. The highest BCUT2D eigenvalue weighted by Crippen LogP contribution is 2.29. The van der Waals surface area contributed by atoms with Crippen LogP contribution >= 0.6 is 0 Å². The monoisotopic (exact) mass is 468 g/mol. The highest BCUT2D eigenvalue weighted by atomic mass is 19.4. The van der Waals surface area contributed by atoms with Gasteiger partial charge in [-0.25, -0.2) is 9.18 Å². The second-order valence-electron chi connectivity index (χ2n) is 7.20. The van der Waals surface area contributed by atoms with Crippen LogP contribution in [0.2, 0.25) is 0 Å². The van der Waals surface area contributed by atoms with Gasteiger partial charge in [0, 0.05) is 17.7 Å². The number of aryl methyl sites for hydroxylation is 1. The largest absolute Gasteiger partial charge is 0.490 e. The molecule has 1 amide bonds. The number of hydrogen-bond donors (Lipinski definition) is 3. The lowest BCUT2D eigenvalue weighted by Gasteiger charge is -2.26. The SMILES string of the molecule is NC/C(=C\F)COc1ccc(C(=O)N[C@H]2CCCc3ccccc32)cc1.O=C(O)C(F)(F)F. The van der Waals surface area contributed by atoms with E-state index in [9.17, 15) is 22.4 Å². The number of halogens is 4. The summed E-state index contributed by atoms with van der Waals surface area (Å²) in [6, 6.07) is 15.1. The number of alkyl halides is 3. The fraction of sp³-hybridized carbons (Fsp3) is 0.304. The molecule has 10 heteroatoms. The molecule has 1 aliphatic carbocycles. The molecule has 3 rings (SSSR count). The Morgan fingerprint density at radius 3 is 2.36 bits per heavy atom. The van der Waals surface area contributed by atoms with E-state index in [4.69, 9.17) is 20.4 Å². The molecule has 6 nitrogen and oxygen atoms in total. The number of fused-ring (bicyclic) bond motifs is 1. The Labute approximate surface area is 188 Å². The Morgan fingerprint density at radius 2 is 1.79 bits per heavy atom. The molecule has 0 bridgehead atoms. The topological polar surface area (TPSA) is 102 Å². The van der Waals surface area contributed by atoms with Gasteiger partial charge in [-0.3, -0.25) is 4.79 Å². The maximum atomic E-state index is 12.6. The van der Waals surface area contributed by atoms with Crippen LogP contribution in [0.4, 0.5) is 17.6 Å². The average molecular weight is 468 g/mol. The molecule has 2 aromatic carbocycles. The van der Waals surface area contributed by atoms with Crippen LogP contribution in [0.3, 0.4) is 0 Å². The van der Waals surface area contributed by atoms with Gasteiger partial charge in [0.2, 0.25) is 0 Å². The number of ether oxygens (including phenoxy) is 1. The maximum Gasteiger partial charge on any atom is 0.490 e. The molecule has 0 fully saturated rings. The molecule has 0 spiro atoms. The summed E-state index contributed by atoms with van der Waals surface area (Å²) in [5.41, 5.74) is 8.86. The molecule has 0 saturated heterocycles. The van der Waals surface area contributed by atoms with E-state index >= 15 is 0 Å². The third-order valence-electron chi connectivity index (χ3n) is 4.87. The highest BCUT2D eigenvalue weighted by Gasteiger charge is 2.38. The number of nitrogens with one attached hydrogen (secondary N) is 1. The van der Waals surface area contributed by atoms with Crippen LogP contribution < -0.4 is 15.8 Å². The van der Waals surface area contributed by atoms with Crippen molar-refractivity contribution in [2.75, 3.05) is 13.2 Å². The van der Waals surface area contributed by atoms with Gasteiger partial charge in [0.15, 0.2) is 0 Å². The fourth-order valence-corrected chi connectivity index (χ4v) is 3.16. The van der Waals surface area contributed by atoms with Crippen LogP contribution in [-0.4, -0.2) is 36.3 Å². The number of hydrogen-bond acceptors (Lipinski definition) is 4. The van der Waals surface area contributed by atoms with Crippen molar-refractivity contribution in [1.82, 2.24) is 5.32 Å². The van der Waals surface area contributed by atoms with Gasteiger partial charge in [-0.1, -0.05) is 24.3 Å². The van der Waals surface area contributed by atoms with E-state index < -0.39 is 12.1 Å². The molecule has 0 aliphatic heterocycles. The molecule has 1 aliphatic rings. The second-order valence-corrected chi connectivity index (χ2v) is 7.20. The van der Waals surface area contributed by atoms with Crippen molar-refractivity contribution >= 4 is 11.9 Å². The molecule has 0 unspecified atom stereocenters. The molecule has 33 heavy (non-hydrogen) atoms. The quantitative estimate of drug-likeness (QED) is 0.548. The summed E-state index contributed by atoms with van der Waals surface area (Å²) >= 11 is 0. The van der Waals surface area contributed by atoms with Crippen molar-refractivity contribution in [3.63, 3.8) is 0 Å². The summed E-state index contributed by atoms with van der Waals surface area (Å²) in [7, 11) is 0. The van der Waals surface area contributed by atoms with Gasteiger partial charge in [0.1, 0.15) is 12.4 Å². The van der Waals surface area contributed by atoms with Gasteiger partial charge in [-0.2, -0.15) is 13.2 Å². The summed E-state index contributed by atoms with van der Waals surface area (Å²) in [5.74, 6) is -2.30. The van der Waals surface area contributed by atoms with Crippen molar-refractivity contribution in [2.24, 2.45) is 5.73 Å². The Kier molecular flexibility index (Phi) is 9.41. The minimum absolute atomic E-state index is 0.0465. The summed E-state index contributed by atoms with van der Waals surface area (Å²) in [5, 5.41) is 10.2. The lowest BCUT2D eigenvalue weighted by atomic mass is 9.87. The number of aliphatic carboxylic acids is 1. The lowest BCUT2D eigenvalue weighted by molar-refractivity contribution is -0.192. The first-order valence-electron chi connectivity index (χ1n) is 10.1. The van der Waals surface area contributed by atoms with Crippen LogP contribution in [0.25, 0.3) is 0 Å². The Hall–Kier alpha value is -3.40. The molecule has 0 saturated carbocycles. The van der Waals surface area contributed by atoms with Crippen LogP contribution in [0, 0.1) is 0 Å². The standard InChI is InChI=1S/C21H23FN2O2.C2HF3O2/c22-12-15(13-23)14-26-18-10-8-17(9-11-18)21(25)24-20-7-3-5-16-4-1-2-6-19(16)20;3-2(4,5)1(6)7/h1-2,4,6,8-12,20H,3,5,7,13-14,23H2,(H,24,25);(H,6,7)/b15-12+;/t20-;/m0./s1. The van der Waals surface area contributed by atoms with E-state index in [0.717, 1.165) is 19.3 Å². The molecular formula is C23H24F4N2O4. The van der Waals surface area contributed by atoms with Crippen LogP contribution in [0.1, 0.15) is 40.4 Å². The minimum atomic E-state index is -5.08. The first kappa shape index (κ1) is 25.9. The van der Waals surface area contributed by atoms with Crippen LogP contribution in [0.15, 0.2) is 60.4 Å². The van der Waals surface area contributed by atoms with Crippen molar-refractivity contribution < 1.29 is 37.0 Å². The maximum absolute atomic E-state index is 12.6. The van der Waals surface area contributed by atoms with E-state index in [1.165, 1.54) is 11.1 Å². The second kappa shape index (κ2) is 12.0. The number of amides is 1. The number of carbonyl (C=O) groups is 2. The van der Waals surface area contributed by atoms with Gasteiger partial charge in [-0.15, -0.1) is 0 Å². The number of rotatable bonds is 6. The van der Waals surface area contributed by atoms with Crippen molar-refractivity contribution in [1.29, 1.82) is 0 Å². The number of carboxylic acid groups (broad SMARTS) is 1. The van der Waals surface area contributed by atoms with Gasteiger partial charge >= 0.3 is 12.1 Å². The van der Waals surface area contributed by atoms with E-state index in [-0.39, 0.29) is 25.1 Å². The number of nitrogens with two attached hydrogens (primary N) is 1. The van der Waals surface area contributed by atoms with Gasteiger partial charge in [0.25, 0.3) is 5.91 Å². The number of carbonyl (C=O) groups excluding carboxylic acids is 1. The minimum Gasteiger partial charge on any atom is -0.489 e. The first-order valence-corrected chi connectivity index (χ1v) is 10.1. The third-order valence-corrected chi connectivity index (χ3v) is 4.87. The van der Waals surface area contributed by atoms with Crippen molar-refractivity contribution in [2.45, 2.75) is 31.5 Å². The van der Waals surface area contributed by atoms with E-state index in [2.05, 4.69) is 17.4 Å². The predicted octanol–water partition coefficient (Wildman–Crippen LogP) is 4.32. The molecular weight excluding hydrogens is 444 g/mol. The van der Waals surface area contributed by atoms with Gasteiger partial charge < -0.3 is 20.9 Å². The van der Waals surface area contributed by atoms with Crippen molar-refractivity contribution in [3.8, 4) is 5.75 Å². The Balaban J connectivity index is 0.000000479. The fourth-order valence-electron chi connectivity index (χ4n) is 3.16. The molecule has 0 radical (unpaired) electrons.